The molecule has 0 N–H and O–H groups in total. The zero-order valence-electron chi connectivity index (χ0n) is 17.9. The first kappa shape index (κ1) is 23.3. The molecule has 0 amide bonds. The minimum Gasteiger partial charge on any atom is -0.0901 e. The van der Waals surface area contributed by atoms with Crippen LogP contribution in [0.25, 0.3) is 0 Å². The number of hydrogen-bond donors (Lipinski definition) is 0. The molecule has 29 heavy (non-hydrogen) atoms. The third kappa shape index (κ3) is 11.6. The molecular formula is C28H36S. The molecule has 0 nitrogen and oxygen atoms in total. The lowest BCUT2D eigenvalue weighted by Crippen LogP contribution is -1.85. The maximum Gasteiger partial charge on any atom is 0.0122 e. The van der Waals surface area contributed by atoms with Crippen LogP contribution in [0.5, 0.6) is 0 Å². The molecule has 0 unspecified atom stereocenters. The summed E-state index contributed by atoms with van der Waals surface area (Å²) in [5.74, 6) is 0. The Labute approximate surface area is 182 Å². The largest absolute Gasteiger partial charge is 0.0901 e. The zero-order chi connectivity index (χ0) is 20.4. The molecule has 0 fully saturated rings. The number of benzene rings is 3. The first-order chi connectivity index (χ1) is 14.4. The molecule has 0 heterocycles. The SMILES string of the molecule is CCCCCCCCCCc1ccccc1.c1ccc(Sc2ccccc2)cc1. The molecule has 1 heteroatoms. The van der Waals surface area contributed by atoms with Crippen LogP contribution in [-0.4, -0.2) is 0 Å². The topological polar surface area (TPSA) is 0 Å². The first-order valence-electron chi connectivity index (χ1n) is 11.2. The van der Waals surface area contributed by atoms with Crippen LogP contribution >= 0.6 is 11.8 Å². The van der Waals surface area contributed by atoms with Crippen LogP contribution in [0.3, 0.4) is 0 Å². The predicted molar refractivity (Wildman–Crippen MR) is 130 cm³/mol. The minimum absolute atomic E-state index is 1.26. The van der Waals surface area contributed by atoms with Crippen LogP contribution in [-0.2, 0) is 6.42 Å². The summed E-state index contributed by atoms with van der Waals surface area (Å²) >= 11 is 1.79. The molecule has 0 bridgehead atoms. The van der Waals surface area contributed by atoms with Crippen molar-refractivity contribution in [1.29, 1.82) is 0 Å². The van der Waals surface area contributed by atoms with E-state index in [0.717, 1.165) is 0 Å². The highest BCUT2D eigenvalue weighted by molar-refractivity contribution is 7.99. The van der Waals surface area contributed by atoms with Gasteiger partial charge in [-0.2, -0.15) is 0 Å². The Morgan fingerprint density at radius 3 is 1.38 bits per heavy atom. The summed E-state index contributed by atoms with van der Waals surface area (Å²) in [6, 6.07) is 31.7. The lowest BCUT2D eigenvalue weighted by atomic mass is 10.0. The average Bonchev–Trinajstić information content (AvgIpc) is 2.78. The Hall–Kier alpha value is -1.99. The van der Waals surface area contributed by atoms with Crippen LogP contribution < -0.4 is 0 Å². The van der Waals surface area contributed by atoms with Crippen molar-refractivity contribution in [2.75, 3.05) is 0 Å². The van der Waals surface area contributed by atoms with Crippen LogP contribution in [0.4, 0.5) is 0 Å². The van der Waals surface area contributed by atoms with E-state index in [-0.39, 0.29) is 0 Å². The normalized spacial score (nSPS) is 10.2. The van der Waals surface area contributed by atoms with Crippen molar-refractivity contribution in [1.82, 2.24) is 0 Å². The maximum atomic E-state index is 2.28. The van der Waals surface area contributed by atoms with Crippen molar-refractivity contribution < 1.29 is 0 Å². The van der Waals surface area contributed by atoms with E-state index in [2.05, 4.69) is 85.8 Å². The second-order valence-electron chi connectivity index (χ2n) is 7.44. The predicted octanol–water partition coefficient (Wildman–Crippen LogP) is 9.21. The third-order valence-corrected chi connectivity index (χ3v) is 5.90. The molecule has 0 aliphatic carbocycles. The smallest absolute Gasteiger partial charge is 0.0122 e. The third-order valence-electron chi connectivity index (χ3n) is 4.88. The van der Waals surface area contributed by atoms with E-state index < -0.39 is 0 Å². The monoisotopic (exact) mass is 404 g/mol. The summed E-state index contributed by atoms with van der Waals surface area (Å²) in [5, 5.41) is 0. The van der Waals surface area contributed by atoms with Crippen molar-refractivity contribution in [2.45, 2.75) is 74.5 Å². The highest BCUT2D eigenvalue weighted by Crippen LogP contribution is 2.26. The van der Waals surface area contributed by atoms with Crippen molar-refractivity contribution in [2.24, 2.45) is 0 Å². The number of hydrogen-bond acceptors (Lipinski definition) is 1. The lowest BCUT2D eigenvalue weighted by Gasteiger charge is -2.02. The van der Waals surface area contributed by atoms with Gasteiger partial charge in [0, 0.05) is 9.79 Å². The summed E-state index contributed by atoms with van der Waals surface area (Å²) in [6.45, 7) is 2.28. The fourth-order valence-electron chi connectivity index (χ4n) is 3.22. The van der Waals surface area contributed by atoms with Crippen LogP contribution in [0.1, 0.15) is 63.9 Å². The van der Waals surface area contributed by atoms with Crippen LogP contribution in [0.2, 0.25) is 0 Å². The summed E-state index contributed by atoms with van der Waals surface area (Å²) < 4.78 is 0. The van der Waals surface area contributed by atoms with Crippen molar-refractivity contribution in [3.8, 4) is 0 Å². The highest BCUT2D eigenvalue weighted by Gasteiger charge is 1.94. The van der Waals surface area contributed by atoms with Crippen LogP contribution in [0.15, 0.2) is 101 Å². The maximum absolute atomic E-state index is 2.28. The zero-order valence-corrected chi connectivity index (χ0v) is 18.7. The summed E-state index contributed by atoms with van der Waals surface area (Å²) in [5.41, 5.74) is 1.49. The molecule has 3 aromatic rings. The minimum atomic E-state index is 1.26. The van der Waals surface area contributed by atoms with E-state index >= 15 is 0 Å². The Bertz CT molecular complexity index is 685. The molecule has 0 spiro atoms. The molecular weight excluding hydrogens is 368 g/mol. The van der Waals surface area contributed by atoms with Crippen LogP contribution in [0, 0.1) is 0 Å². The van der Waals surface area contributed by atoms with Crippen molar-refractivity contribution in [3.63, 3.8) is 0 Å². The summed E-state index contributed by atoms with van der Waals surface area (Å²) in [6.07, 6.45) is 12.5. The van der Waals surface area contributed by atoms with Gasteiger partial charge in [-0.1, -0.05) is 130 Å². The quantitative estimate of drug-likeness (QED) is 0.287. The van der Waals surface area contributed by atoms with Crippen molar-refractivity contribution in [3.05, 3.63) is 96.6 Å². The van der Waals surface area contributed by atoms with Gasteiger partial charge in [0.25, 0.3) is 0 Å². The average molecular weight is 405 g/mol. The van der Waals surface area contributed by atoms with Gasteiger partial charge in [-0.15, -0.1) is 0 Å². The standard InChI is InChI=1S/C16H26.C12H10S/c1-2-3-4-5-6-7-8-10-13-16-14-11-9-12-15-16;1-3-7-11(8-4-1)13-12-9-5-2-6-10-12/h9,11-12,14-15H,2-8,10,13H2,1H3;1-10H. The van der Waals surface area contributed by atoms with Gasteiger partial charge >= 0.3 is 0 Å². The van der Waals surface area contributed by atoms with Gasteiger partial charge in [-0.25, -0.2) is 0 Å². The molecule has 0 saturated heterocycles. The highest BCUT2D eigenvalue weighted by atomic mass is 32.2. The molecule has 3 aromatic carbocycles. The molecule has 0 aromatic heterocycles. The first-order valence-corrected chi connectivity index (χ1v) is 12.0. The second kappa shape index (κ2) is 15.9. The van der Waals surface area contributed by atoms with E-state index in [1.807, 2.05) is 12.1 Å². The van der Waals surface area contributed by atoms with E-state index in [1.165, 1.54) is 73.1 Å². The van der Waals surface area contributed by atoms with Gasteiger partial charge < -0.3 is 0 Å². The fourth-order valence-corrected chi connectivity index (χ4v) is 4.08. The van der Waals surface area contributed by atoms with Gasteiger partial charge in [0.2, 0.25) is 0 Å². The van der Waals surface area contributed by atoms with E-state index in [1.54, 1.807) is 11.8 Å². The Kier molecular flexibility index (Phi) is 12.8. The molecule has 0 aliphatic heterocycles. The fraction of sp³-hybridized carbons (Fsp3) is 0.357. The summed E-state index contributed by atoms with van der Waals surface area (Å²) in [7, 11) is 0. The van der Waals surface area contributed by atoms with Gasteiger partial charge in [-0.3, -0.25) is 0 Å². The molecule has 0 atom stereocenters. The Balaban J connectivity index is 0.000000211. The van der Waals surface area contributed by atoms with E-state index in [4.69, 9.17) is 0 Å². The molecule has 0 saturated carbocycles. The number of rotatable bonds is 11. The summed E-state index contributed by atoms with van der Waals surface area (Å²) in [4.78, 5) is 2.57. The molecule has 0 radical (unpaired) electrons. The molecule has 0 aliphatic rings. The van der Waals surface area contributed by atoms with Crippen molar-refractivity contribution >= 4 is 11.8 Å². The Morgan fingerprint density at radius 1 is 0.483 bits per heavy atom. The van der Waals surface area contributed by atoms with Gasteiger partial charge in [0.05, 0.1) is 0 Å². The van der Waals surface area contributed by atoms with Gasteiger partial charge in [0.1, 0.15) is 0 Å². The molecule has 154 valence electrons. The number of aryl methyl sites for hydroxylation is 1. The Morgan fingerprint density at radius 2 is 0.897 bits per heavy atom. The molecule has 3 rings (SSSR count). The second-order valence-corrected chi connectivity index (χ2v) is 8.59. The lowest BCUT2D eigenvalue weighted by molar-refractivity contribution is 0.575. The van der Waals surface area contributed by atoms with E-state index in [9.17, 15) is 0 Å². The van der Waals surface area contributed by atoms with Gasteiger partial charge in [-0.05, 0) is 42.7 Å². The van der Waals surface area contributed by atoms with E-state index in [0.29, 0.717) is 0 Å². The van der Waals surface area contributed by atoms with Gasteiger partial charge in [0.15, 0.2) is 0 Å². The number of unbranched alkanes of at least 4 members (excludes halogenated alkanes) is 7.